The highest BCUT2D eigenvalue weighted by Gasteiger charge is 2.14. The molecule has 0 radical (unpaired) electrons. The van der Waals surface area contributed by atoms with E-state index in [-0.39, 0.29) is 5.91 Å². The summed E-state index contributed by atoms with van der Waals surface area (Å²) in [4.78, 5) is 22.9. The van der Waals surface area contributed by atoms with Gasteiger partial charge in [-0.05, 0) is 37.6 Å². The quantitative estimate of drug-likeness (QED) is 0.652. The third kappa shape index (κ3) is 4.94. The molecule has 1 amide bonds. The van der Waals surface area contributed by atoms with Gasteiger partial charge < -0.3 is 10.1 Å². The smallest absolute Gasteiger partial charge is 0.331 e. The topological polar surface area (TPSA) is 79.2 Å². The molecule has 1 aromatic rings. The van der Waals surface area contributed by atoms with Crippen LogP contribution < -0.4 is 5.32 Å². The van der Waals surface area contributed by atoms with Gasteiger partial charge in [-0.15, -0.1) is 0 Å². The summed E-state index contributed by atoms with van der Waals surface area (Å²) < 4.78 is 4.94. The maximum Gasteiger partial charge on any atom is 0.331 e. The molecule has 0 aliphatic heterocycles. The van der Waals surface area contributed by atoms with Crippen molar-refractivity contribution in [3.8, 4) is 6.07 Å². The van der Waals surface area contributed by atoms with Crippen LogP contribution in [-0.4, -0.2) is 24.5 Å². The predicted octanol–water partition coefficient (Wildman–Crippen LogP) is 1.64. The van der Waals surface area contributed by atoms with Gasteiger partial charge in [-0.25, -0.2) is 4.79 Å². The van der Waals surface area contributed by atoms with Crippen molar-refractivity contribution in [3.05, 3.63) is 41.5 Å². The second kappa shape index (κ2) is 7.74. The molecule has 0 aliphatic carbocycles. The van der Waals surface area contributed by atoms with Crippen LogP contribution in [-0.2, 0) is 14.3 Å². The highest BCUT2D eigenvalue weighted by atomic mass is 16.5. The maximum atomic E-state index is 11.5. The van der Waals surface area contributed by atoms with E-state index in [1.807, 2.05) is 6.07 Å². The zero-order valence-corrected chi connectivity index (χ0v) is 11.4. The minimum absolute atomic E-state index is 0.326. The molecule has 0 fully saturated rings. The minimum atomic E-state index is -0.826. The number of likely N-dealkylation sites (N-methyl/N-ethyl adjacent to an activating group) is 1. The number of esters is 1. The molecule has 0 spiro atoms. The molecular weight excluding hydrogens is 256 g/mol. The van der Waals surface area contributed by atoms with Gasteiger partial charge in [0.1, 0.15) is 0 Å². The van der Waals surface area contributed by atoms with Gasteiger partial charge in [0.15, 0.2) is 6.10 Å². The Hall–Kier alpha value is -2.61. The maximum absolute atomic E-state index is 11.5. The molecule has 0 aromatic heterocycles. The Morgan fingerprint density at radius 2 is 2.05 bits per heavy atom. The SMILES string of the molecule is CCNC(=O)[C@@H](C)OC(=O)/C=C/c1ccc(C#N)cc1. The van der Waals surface area contributed by atoms with Gasteiger partial charge in [-0.1, -0.05) is 12.1 Å². The van der Waals surface area contributed by atoms with E-state index in [1.54, 1.807) is 37.3 Å². The van der Waals surface area contributed by atoms with Crippen molar-refractivity contribution in [1.29, 1.82) is 5.26 Å². The molecule has 20 heavy (non-hydrogen) atoms. The number of nitrogens with zero attached hydrogens (tertiary/aromatic N) is 1. The summed E-state index contributed by atoms with van der Waals surface area (Å²) >= 11 is 0. The summed E-state index contributed by atoms with van der Waals surface area (Å²) in [6.45, 7) is 3.79. The third-order valence-electron chi connectivity index (χ3n) is 2.46. The van der Waals surface area contributed by atoms with Crippen molar-refractivity contribution in [3.63, 3.8) is 0 Å². The van der Waals surface area contributed by atoms with Crippen LogP contribution >= 0.6 is 0 Å². The first-order valence-electron chi connectivity index (χ1n) is 6.23. The van der Waals surface area contributed by atoms with Gasteiger partial charge in [0.25, 0.3) is 5.91 Å². The highest BCUT2D eigenvalue weighted by molar-refractivity contribution is 5.90. The lowest BCUT2D eigenvalue weighted by atomic mass is 10.1. The van der Waals surface area contributed by atoms with Crippen LogP contribution in [0.5, 0.6) is 0 Å². The summed E-state index contributed by atoms with van der Waals surface area (Å²) in [5, 5.41) is 11.2. The fraction of sp³-hybridized carbons (Fsp3) is 0.267. The number of nitrogens with one attached hydrogen (secondary N) is 1. The van der Waals surface area contributed by atoms with E-state index in [0.717, 1.165) is 5.56 Å². The van der Waals surface area contributed by atoms with Crippen molar-refractivity contribution in [2.45, 2.75) is 20.0 Å². The van der Waals surface area contributed by atoms with Gasteiger partial charge in [-0.3, -0.25) is 4.79 Å². The zero-order valence-electron chi connectivity index (χ0n) is 11.4. The molecule has 1 rings (SSSR count). The van der Waals surface area contributed by atoms with Gasteiger partial charge in [0, 0.05) is 12.6 Å². The average Bonchev–Trinajstić information content (AvgIpc) is 2.45. The molecule has 0 bridgehead atoms. The second-order valence-electron chi connectivity index (χ2n) is 4.04. The van der Waals surface area contributed by atoms with Crippen LogP contribution in [0.4, 0.5) is 0 Å². The summed E-state index contributed by atoms with van der Waals surface area (Å²) in [6, 6.07) is 8.76. The number of rotatable bonds is 5. The van der Waals surface area contributed by atoms with E-state index in [4.69, 9.17) is 10.00 Å². The molecule has 1 atom stereocenters. The average molecular weight is 272 g/mol. The van der Waals surface area contributed by atoms with Crippen LogP contribution in [0.1, 0.15) is 25.0 Å². The van der Waals surface area contributed by atoms with Crippen molar-refractivity contribution in [2.75, 3.05) is 6.54 Å². The number of carbonyl (C=O) groups is 2. The molecule has 0 aliphatic rings. The molecule has 104 valence electrons. The first-order valence-corrected chi connectivity index (χ1v) is 6.23. The Balaban J connectivity index is 2.55. The summed E-state index contributed by atoms with van der Waals surface area (Å²) in [7, 11) is 0. The van der Waals surface area contributed by atoms with E-state index >= 15 is 0 Å². The van der Waals surface area contributed by atoms with Gasteiger partial charge in [0.2, 0.25) is 0 Å². The van der Waals surface area contributed by atoms with Crippen LogP contribution in [0.3, 0.4) is 0 Å². The predicted molar refractivity (Wildman–Crippen MR) is 74.4 cm³/mol. The molecule has 1 aromatic carbocycles. The number of carbonyl (C=O) groups excluding carboxylic acids is 2. The van der Waals surface area contributed by atoms with Crippen LogP contribution in [0.2, 0.25) is 0 Å². The van der Waals surface area contributed by atoms with Gasteiger partial charge in [0.05, 0.1) is 11.6 Å². The van der Waals surface area contributed by atoms with Gasteiger partial charge >= 0.3 is 5.97 Å². The Morgan fingerprint density at radius 1 is 1.40 bits per heavy atom. The molecule has 5 nitrogen and oxygen atoms in total. The van der Waals surface area contributed by atoms with Crippen LogP contribution in [0.15, 0.2) is 30.3 Å². The largest absolute Gasteiger partial charge is 0.449 e. The third-order valence-corrected chi connectivity index (χ3v) is 2.46. The van der Waals surface area contributed by atoms with E-state index in [9.17, 15) is 9.59 Å². The lowest BCUT2D eigenvalue weighted by Crippen LogP contribution is -2.35. The number of benzene rings is 1. The first kappa shape index (κ1) is 15.4. The Labute approximate surface area is 117 Å². The number of hydrogen-bond donors (Lipinski definition) is 1. The Kier molecular flexibility index (Phi) is 5.98. The molecule has 0 saturated carbocycles. The normalized spacial score (nSPS) is 11.7. The number of amides is 1. The first-order chi connectivity index (χ1) is 9.56. The van der Waals surface area contributed by atoms with E-state index in [0.29, 0.717) is 12.1 Å². The molecule has 0 saturated heterocycles. The van der Waals surface area contributed by atoms with Crippen molar-refractivity contribution in [2.24, 2.45) is 0 Å². The second-order valence-corrected chi connectivity index (χ2v) is 4.04. The van der Waals surface area contributed by atoms with E-state index < -0.39 is 12.1 Å². The van der Waals surface area contributed by atoms with Crippen molar-refractivity contribution >= 4 is 18.0 Å². The number of hydrogen-bond acceptors (Lipinski definition) is 4. The van der Waals surface area contributed by atoms with Crippen molar-refractivity contribution in [1.82, 2.24) is 5.32 Å². The van der Waals surface area contributed by atoms with Crippen LogP contribution in [0, 0.1) is 11.3 Å². The fourth-order valence-electron chi connectivity index (χ4n) is 1.42. The lowest BCUT2D eigenvalue weighted by Gasteiger charge is -2.10. The van der Waals surface area contributed by atoms with E-state index in [2.05, 4.69) is 5.32 Å². The molecule has 0 unspecified atom stereocenters. The number of ether oxygens (including phenoxy) is 1. The Bertz CT molecular complexity index is 541. The molecule has 1 N–H and O–H groups in total. The minimum Gasteiger partial charge on any atom is -0.449 e. The summed E-state index contributed by atoms with van der Waals surface area (Å²) in [5.74, 6) is -0.916. The zero-order chi connectivity index (χ0) is 15.0. The van der Waals surface area contributed by atoms with Gasteiger partial charge in [-0.2, -0.15) is 5.26 Å². The lowest BCUT2D eigenvalue weighted by molar-refractivity contribution is -0.150. The van der Waals surface area contributed by atoms with Crippen LogP contribution in [0.25, 0.3) is 6.08 Å². The van der Waals surface area contributed by atoms with Crippen molar-refractivity contribution < 1.29 is 14.3 Å². The number of nitriles is 1. The highest BCUT2D eigenvalue weighted by Crippen LogP contribution is 2.05. The molecule has 0 heterocycles. The Morgan fingerprint density at radius 3 is 2.60 bits per heavy atom. The standard InChI is InChI=1S/C15H16N2O3/c1-3-17-15(19)11(2)20-14(18)9-8-12-4-6-13(10-16)7-5-12/h4-9,11H,3H2,1-2H3,(H,17,19)/b9-8+/t11-/m1/s1. The monoisotopic (exact) mass is 272 g/mol. The van der Waals surface area contributed by atoms with E-state index in [1.165, 1.54) is 13.0 Å². The molecule has 5 heteroatoms. The fourth-order valence-corrected chi connectivity index (χ4v) is 1.42. The summed E-state index contributed by atoms with van der Waals surface area (Å²) in [5.41, 5.74) is 1.32. The summed E-state index contributed by atoms with van der Waals surface area (Å²) in [6.07, 6.45) is 1.98. The molecular formula is C15H16N2O3.